The molecular weight excluding hydrogens is 256 g/mol. The maximum absolute atomic E-state index is 9.74. The molecule has 0 saturated carbocycles. The second kappa shape index (κ2) is 9.08. The monoisotopic (exact) mass is 282 g/mol. The largest absolute Gasteiger partial charge is 0.395 e. The highest BCUT2D eigenvalue weighted by molar-refractivity contribution is 5.30. The first-order valence-electron chi connectivity index (χ1n) is 7.04. The van der Waals surface area contributed by atoms with Gasteiger partial charge in [0.05, 0.1) is 26.4 Å². The first-order valence-corrected chi connectivity index (χ1v) is 7.04. The Kier molecular flexibility index (Phi) is 7.77. The maximum Gasteiger partial charge on any atom is 0.0700 e. The van der Waals surface area contributed by atoms with Crippen molar-refractivity contribution in [3.63, 3.8) is 0 Å². The molecule has 0 saturated heterocycles. The molecule has 0 atom stereocenters. The zero-order valence-electron chi connectivity index (χ0n) is 12.5. The van der Waals surface area contributed by atoms with Crippen LogP contribution in [0.3, 0.4) is 0 Å². The smallest absolute Gasteiger partial charge is 0.0700 e. The van der Waals surface area contributed by atoms with Gasteiger partial charge in [0.2, 0.25) is 0 Å². The van der Waals surface area contributed by atoms with Gasteiger partial charge in [-0.15, -0.1) is 0 Å². The number of ether oxygens (including phenoxy) is 2. The molecule has 1 aromatic carbocycles. The van der Waals surface area contributed by atoms with E-state index >= 15 is 0 Å². The summed E-state index contributed by atoms with van der Waals surface area (Å²) < 4.78 is 10.3. The number of aliphatic hydroxyl groups is 2. The van der Waals surface area contributed by atoms with Crippen molar-refractivity contribution in [3.05, 3.63) is 35.4 Å². The number of rotatable bonds is 10. The van der Waals surface area contributed by atoms with Crippen molar-refractivity contribution in [2.45, 2.75) is 25.2 Å². The van der Waals surface area contributed by atoms with Crippen molar-refractivity contribution in [1.82, 2.24) is 0 Å². The van der Waals surface area contributed by atoms with Gasteiger partial charge in [0, 0.05) is 19.1 Å². The molecule has 0 fully saturated rings. The number of methoxy groups -OCH3 is 1. The Bertz CT molecular complexity index is 374. The van der Waals surface area contributed by atoms with Gasteiger partial charge in [-0.05, 0) is 25.3 Å². The molecule has 0 bridgehead atoms. The highest BCUT2D eigenvalue weighted by atomic mass is 16.5. The Morgan fingerprint density at radius 2 is 1.85 bits per heavy atom. The molecule has 0 aliphatic heterocycles. The van der Waals surface area contributed by atoms with Crippen LogP contribution in [-0.2, 0) is 14.9 Å². The second-order valence-electron chi connectivity index (χ2n) is 5.17. The molecule has 0 unspecified atom stereocenters. The van der Waals surface area contributed by atoms with Crippen LogP contribution >= 0.6 is 0 Å². The lowest BCUT2D eigenvalue weighted by Gasteiger charge is -2.30. The van der Waals surface area contributed by atoms with Crippen molar-refractivity contribution < 1.29 is 19.7 Å². The molecule has 0 aromatic heterocycles. The fraction of sp³-hybridized carbons (Fsp3) is 0.625. The van der Waals surface area contributed by atoms with E-state index in [4.69, 9.17) is 9.47 Å². The van der Waals surface area contributed by atoms with Gasteiger partial charge in [0.25, 0.3) is 0 Å². The molecule has 0 aliphatic rings. The third-order valence-electron chi connectivity index (χ3n) is 3.61. The first kappa shape index (κ1) is 17.1. The minimum Gasteiger partial charge on any atom is -0.395 e. The first-order chi connectivity index (χ1) is 9.68. The van der Waals surface area contributed by atoms with E-state index in [2.05, 4.69) is 0 Å². The summed E-state index contributed by atoms with van der Waals surface area (Å²) >= 11 is 0. The van der Waals surface area contributed by atoms with Gasteiger partial charge in [-0.2, -0.15) is 0 Å². The summed E-state index contributed by atoms with van der Waals surface area (Å²) in [5.74, 6) is 0. The molecule has 114 valence electrons. The minimum absolute atomic E-state index is 0.0645. The van der Waals surface area contributed by atoms with E-state index in [9.17, 15) is 10.2 Å². The van der Waals surface area contributed by atoms with Gasteiger partial charge in [0.15, 0.2) is 0 Å². The summed E-state index contributed by atoms with van der Waals surface area (Å²) in [5, 5.41) is 19.5. The molecule has 0 amide bonds. The number of hydrogen-bond donors (Lipinski definition) is 2. The van der Waals surface area contributed by atoms with Gasteiger partial charge in [0.1, 0.15) is 0 Å². The number of aliphatic hydroxyl groups excluding tert-OH is 2. The maximum atomic E-state index is 9.74. The number of benzene rings is 1. The number of aryl methyl sites for hydroxylation is 1. The van der Waals surface area contributed by atoms with Gasteiger partial charge in [-0.3, -0.25) is 0 Å². The van der Waals surface area contributed by atoms with E-state index in [1.807, 2.05) is 31.2 Å². The molecule has 0 aliphatic carbocycles. The van der Waals surface area contributed by atoms with Crippen LogP contribution in [0.2, 0.25) is 0 Å². The van der Waals surface area contributed by atoms with E-state index in [1.54, 1.807) is 7.11 Å². The molecule has 4 nitrogen and oxygen atoms in total. The zero-order chi connectivity index (χ0) is 14.8. The Hall–Kier alpha value is -0.940. The van der Waals surface area contributed by atoms with Crippen LogP contribution in [0, 0.1) is 6.92 Å². The van der Waals surface area contributed by atoms with Crippen LogP contribution in [0.1, 0.15) is 24.0 Å². The van der Waals surface area contributed by atoms with Gasteiger partial charge in [-0.25, -0.2) is 0 Å². The van der Waals surface area contributed by atoms with E-state index in [0.29, 0.717) is 26.2 Å². The van der Waals surface area contributed by atoms with Crippen molar-refractivity contribution in [3.8, 4) is 0 Å². The van der Waals surface area contributed by atoms with Crippen LogP contribution in [0.5, 0.6) is 0 Å². The van der Waals surface area contributed by atoms with Gasteiger partial charge in [-0.1, -0.05) is 29.8 Å². The molecule has 2 N–H and O–H groups in total. The average molecular weight is 282 g/mol. The van der Waals surface area contributed by atoms with Crippen LogP contribution in [0.15, 0.2) is 24.3 Å². The fourth-order valence-electron chi connectivity index (χ4n) is 2.27. The highest BCUT2D eigenvalue weighted by Gasteiger charge is 2.30. The zero-order valence-corrected chi connectivity index (χ0v) is 12.5. The van der Waals surface area contributed by atoms with Crippen molar-refractivity contribution in [2.24, 2.45) is 0 Å². The lowest BCUT2D eigenvalue weighted by Crippen LogP contribution is -2.35. The third-order valence-corrected chi connectivity index (χ3v) is 3.61. The second-order valence-corrected chi connectivity index (χ2v) is 5.17. The standard InChI is InChI=1S/C16H26O4/c1-14-5-3-6-15(11-14)16(12-17,13-18)7-4-8-20-10-9-19-2/h3,5-6,11,17-18H,4,7-10,12-13H2,1-2H3. The summed E-state index contributed by atoms with van der Waals surface area (Å²) in [7, 11) is 1.64. The van der Waals surface area contributed by atoms with Crippen LogP contribution in [0.25, 0.3) is 0 Å². The minimum atomic E-state index is -0.587. The fourth-order valence-corrected chi connectivity index (χ4v) is 2.27. The van der Waals surface area contributed by atoms with Crippen molar-refractivity contribution in [2.75, 3.05) is 40.1 Å². The van der Waals surface area contributed by atoms with E-state index in [-0.39, 0.29) is 13.2 Å². The van der Waals surface area contributed by atoms with Crippen molar-refractivity contribution in [1.29, 1.82) is 0 Å². The Morgan fingerprint density at radius 1 is 1.10 bits per heavy atom. The average Bonchev–Trinajstić information content (AvgIpc) is 2.47. The van der Waals surface area contributed by atoms with Crippen molar-refractivity contribution >= 4 is 0 Å². The summed E-state index contributed by atoms with van der Waals surface area (Å²) in [6.07, 6.45) is 1.48. The molecule has 0 spiro atoms. The predicted molar refractivity (Wildman–Crippen MR) is 79.0 cm³/mol. The van der Waals surface area contributed by atoms with E-state index < -0.39 is 5.41 Å². The molecule has 0 radical (unpaired) electrons. The normalized spacial score (nSPS) is 11.8. The SMILES string of the molecule is COCCOCCCC(CO)(CO)c1cccc(C)c1. The third kappa shape index (κ3) is 4.87. The Morgan fingerprint density at radius 3 is 2.45 bits per heavy atom. The molecule has 1 aromatic rings. The molecule has 20 heavy (non-hydrogen) atoms. The van der Waals surface area contributed by atoms with Crippen LogP contribution < -0.4 is 0 Å². The molecule has 4 heteroatoms. The predicted octanol–water partition coefficient (Wildman–Crippen LogP) is 1.66. The molecule has 0 heterocycles. The number of hydrogen-bond acceptors (Lipinski definition) is 4. The van der Waals surface area contributed by atoms with Gasteiger partial charge < -0.3 is 19.7 Å². The quantitative estimate of drug-likeness (QED) is 0.641. The summed E-state index contributed by atoms with van der Waals surface area (Å²) in [5.41, 5.74) is 1.53. The van der Waals surface area contributed by atoms with E-state index in [1.165, 1.54) is 0 Å². The lowest BCUT2D eigenvalue weighted by molar-refractivity contribution is 0.0571. The Labute approximate surface area is 121 Å². The summed E-state index contributed by atoms with van der Waals surface area (Å²) in [6, 6.07) is 7.96. The summed E-state index contributed by atoms with van der Waals surface area (Å²) in [4.78, 5) is 0. The Balaban J connectivity index is 2.58. The molecule has 1 rings (SSSR count). The lowest BCUT2D eigenvalue weighted by atomic mass is 9.77. The van der Waals surface area contributed by atoms with Crippen LogP contribution in [0.4, 0.5) is 0 Å². The topological polar surface area (TPSA) is 58.9 Å². The molecular formula is C16H26O4. The summed E-state index contributed by atoms with van der Waals surface area (Å²) in [6.45, 7) is 3.65. The highest BCUT2D eigenvalue weighted by Crippen LogP contribution is 2.29. The van der Waals surface area contributed by atoms with Crippen LogP contribution in [-0.4, -0.2) is 50.4 Å². The van der Waals surface area contributed by atoms with E-state index in [0.717, 1.165) is 17.5 Å². The van der Waals surface area contributed by atoms with Gasteiger partial charge >= 0.3 is 0 Å².